The molecule has 0 saturated carbocycles. The van der Waals surface area contributed by atoms with Crippen LogP contribution in [0.25, 0.3) is 0 Å². The van der Waals surface area contributed by atoms with E-state index >= 15 is 0 Å². The Morgan fingerprint density at radius 3 is 2.40 bits per heavy atom. The zero-order valence-electron chi connectivity index (χ0n) is 6.72. The molecule has 0 saturated heterocycles. The van der Waals surface area contributed by atoms with Gasteiger partial charge in [0.05, 0.1) is 0 Å². The molecule has 0 fully saturated rings. The second-order valence-corrected chi connectivity index (χ2v) is 6.13. The summed E-state index contributed by atoms with van der Waals surface area (Å²) in [5.74, 6) is 0. The van der Waals surface area contributed by atoms with Gasteiger partial charge in [0.15, 0.2) is 0 Å². The van der Waals surface area contributed by atoms with Crippen molar-refractivity contribution in [1.29, 1.82) is 0 Å². The fraction of sp³-hybridized carbons (Fsp3) is 0.167. The van der Waals surface area contributed by atoms with Crippen LogP contribution in [0.2, 0.25) is 5.15 Å². The van der Waals surface area contributed by atoms with E-state index in [-0.39, 0.29) is 4.47 Å². The molecule has 0 N–H and O–H groups in total. The average molecular weight is 341 g/mol. The number of pyridine rings is 1. The van der Waals surface area contributed by atoms with Crippen molar-refractivity contribution in [3.05, 3.63) is 21.4 Å². The summed E-state index contributed by atoms with van der Waals surface area (Å²) in [5.41, 5.74) is -0.635. The summed E-state index contributed by atoms with van der Waals surface area (Å²) in [7, 11) is 0.912. The lowest BCUT2D eigenvalue weighted by atomic mass is 10.4. The van der Waals surface area contributed by atoms with Gasteiger partial charge in [0.25, 0.3) is 15.5 Å². The van der Waals surface area contributed by atoms with Gasteiger partial charge in [-0.05, 0) is 22.0 Å². The summed E-state index contributed by atoms with van der Waals surface area (Å²) in [6.07, 6.45) is -2.86. The molecule has 0 amide bonds. The third kappa shape index (κ3) is 2.99. The van der Waals surface area contributed by atoms with Crippen LogP contribution in [0.4, 0.5) is 8.78 Å². The molecular weight excluding hydrogens is 339 g/mol. The molecule has 0 aliphatic carbocycles. The molecule has 1 rings (SSSR count). The maximum Gasteiger partial charge on any atom is 0.281 e. The monoisotopic (exact) mass is 339 g/mol. The first-order valence-corrected chi connectivity index (χ1v) is 6.80. The number of halogens is 5. The molecule has 0 aliphatic heterocycles. The number of alkyl halides is 2. The third-order valence-electron chi connectivity index (χ3n) is 1.39. The number of aromatic nitrogens is 1. The van der Waals surface area contributed by atoms with Gasteiger partial charge >= 0.3 is 0 Å². The average Bonchev–Trinajstić information content (AvgIpc) is 2.06. The summed E-state index contributed by atoms with van der Waals surface area (Å²) in [6.45, 7) is 0. The summed E-state index contributed by atoms with van der Waals surface area (Å²) in [5, 5.41) is -0.580. The quantitative estimate of drug-likeness (QED) is 0.612. The number of nitrogens with zero attached hydrogens (tertiary/aromatic N) is 1. The van der Waals surface area contributed by atoms with E-state index in [4.69, 9.17) is 22.3 Å². The van der Waals surface area contributed by atoms with E-state index in [1.165, 1.54) is 0 Å². The molecule has 0 radical (unpaired) electrons. The molecule has 84 valence electrons. The Kier molecular flexibility index (Phi) is 3.91. The molecule has 1 aromatic heterocycles. The molecule has 1 heterocycles. The van der Waals surface area contributed by atoms with Gasteiger partial charge in [-0.3, -0.25) is 0 Å². The van der Waals surface area contributed by atoms with Crippen molar-refractivity contribution >= 4 is 47.3 Å². The maximum absolute atomic E-state index is 12.3. The lowest BCUT2D eigenvalue weighted by Gasteiger charge is -2.05. The zero-order valence-corrected chi connectivity index (χ0v) is 10.6. The minimum absolute atomic E-state index is 0.166. The van der Waals surface area contributed by atoms with Crippen molar-refractivity contribution < 1.29 is 17.2 Å². The van der Waals surface area contributed by atoms with Crippen LogP contribution < -0.4 is 0 Å². The molecule has 1 aromatic rings. The Bertz CT molecular complexity index is 494. The van der Waals surface area contributed by atoms with E-state index in [2.05, 4.69) is 20.9 Å². The van der Waals surface area contributed by atoms with Crippen molar-refractivity contribution in [2.24, 2.45) is 0 Å². The largest absolute Gasteiger partial charge is 0.281 e. The van der Waals surface area contributed by atoms with Crippen LogP contribution in [-0.4, -0.2) is 13.4 Å². The summed E-state index contributed by atoms with van der Waals surface area (Å²) in [4.78, 5) is 2.73. The Hall–Kier alpha value is 0.0200. The summed E-state index contributed by atoms with van der Waals surface area (Å²) < 4.78 is 46.3. The van der Waals surface area contributed by atoms with Crippen LogP contribution in [0, 0.1) is 0 Å². The highest BCUT2D eigenvalue weighted by Crippen LogP contribution is 2.32. The molecule has 9 heteroatoms. The fourth-order valence-corrected chi connectivity index (χ4v) is 2.86. The van der Waals surface area contributed by atoms with E-state index in [9.17, 15) is 17.2 Å². The second kappa shape index (κ2) is 4.48. The van der Waals surface area contributed by atoms with Crippen LogP contribution in [0.5, 0.6) is 0 Å². The van der Waals surface area contributed by atoms with Gasteiger partial charge in [-0.2, -0.15) is 0 Å². The first kappa shape index (κ1) is 13.1. The first-order valence-electron chi connectivity index (χ1n) is 3.32. The van der Waals surface area contributed by atoms with Gasteiger partial charge in [0.1, 0.15) is 15.7 Å². The third-order valence-corrected chi connectivity index (χ3v) is 3.76. The Morgan fingerprint density at radius 1 is 1.47 bits per heavy atom. The van der Waals surface area contributed by atoms with Gasteiger partial charge in [-0.15, -0.1) is 0 Å². The topological polar surface area (TPSA) is 47.0 Å². The molecular formula is C6H2BrCl2F2NO2S. The normalized spacial score (nSPS) is 12.1. The van der Waals surface area contributed by atoms with E-state index in [0.717, 1.165) is 6.07 Å². The highest BCUT2D eigenvalue weighted by molar-refractivity contribution is 9.10. The minimum Gasteiger partial charge on any atom is -0.232 e. The molecule has 0 aromatic carbocycles. The van der Waals surface area contributed by atoms with Crippen LogP contribution in [0.1, 0.15) is 12.1 Å². The van der Waals surface area contributed by atoms with Crippen LogP contribution in [0.15, 0.2) is 15.4 Å². The fourth-order valence-electron chi connectivity index (χ4n) is 0.787. The zero-order chi connectivity index (χ0) is 11.8. The smallest absolute Gasteiger partial charge is 0.232 e. The molecule has 0 atom stereocenters. The molecule has 15 heavy (non-hydrogen) atoms. The van der Waals surface area contributed by atoms with Gasteiger partial charge in [0.2, 0.25) is 0 Å². The predicted octanol–water partition coefficient (Wildman–Crippen LogP) is 3.36. The maximum atomic E-state index is 12.3. The number of rotatable bonds is 2. The number of hydrogen-bond acceptors (Lipinski definition) is 3. The van der Waals surface area contributed by atoms with E-state index < -0.39 is 31.2 Å². The molecule has 0 bridgehead atoms. The van der Waals surface area contributed by atoms with E-state index in [1.807, 2.05) is 0 Å². The molecule has 0 aliphatic rings. The Balaban J connectivity index is 3.46. The van der Waals surface area contributed by atoms with E-state index in [0.29, 0.717) is 0 Å². The predicted molar refractivity (Wildman–Crippen MR) is 54.9 cm³/mol. The van der Waals surface area contributed by atoms with Gasteiger partial charge in [-0.1, -0.05) is 11.6 Å². The van der Waals surface area contributed by atoms with Crippen molar-refractivity contribution in [3.63, 3.8) is 0 Å². The Morgan fingerprint density at radius 2 is 2.00 bits per heavy atom. The van der Waals surface area contributed by atoms with Gasteiger partial charge in [0, 0.05) is 15.2 Å². The van der Waals surface area contributed by atoms with Crippen LogP contribution in [-0.2, 0) is 9.05 Å². The summed E-state index contributed by atoms with van der Waals surface area (Å²) >= 11 is 8.15. The number of hydrogen-bond donors (Lipinski definition) is 0. The first-order chi connectivity index (χ1) is 6.73. The molecule has 3 nitrogen and oxygen atoms in total. The standard InChI is InChI=1S/C6H2BrCl2F2NO2S/c7-2-1-3(15(9,13)14)5(8)12-4(2)6(10)11/h1,6H. The van der Waals surface area contributed by atoms with Crippen molar-refractivity contribution in [1.82, 2.24) is 4.98 Å². The lowest BCUT2D eigenvalue weighted by molar-refractivity contribution is 0.145. The molecule has 0 unspecified atom stereocenters. The van der Waals surface area contributed by atoms with Gasteiger partial charge in [-0.25, -0.2) is 22.2 Å². The SMILES string of the molecule is O=S(=O)(Cl)c1cc(Br)c(C(F)F)nc1Cl. The minimum atomic E-state index is -4.10. The second-order valence-electron chi connectivity index (χ2n) is 2.38. The van der Waals surface area contributed by atoms with Crippen molar-refractivity contribution in [3.8, 4) is 0 Å². The molecule has 0 spiro atoms. The Labute approximate surface area is 102 Å². The summed E-state index contributed by atoms with van der Waals surface area (Å²) in [6, 6.07) is 0.888. The van der Waals surface area contributed by atoms with Crippen molar-refractivity contribution in [2.45, 2.75) is 11.3 Å². The van der Waals surface area contributed by atoms with Crippen molar-refractivity contribution in [2.75, 3.05) is 0 Å². The van der Waals surface area contributed by atoms with E-state index in [1.54, 1.807) is 0 Å². The van der Waals surface area contributed by atoms with Gasteiger partial charge < -0.3 is 0 Å². The lowest BCUT2D eigenvalue weighted by Crippen LogP contribution is -1.99. The van der Waals surface area contributed by atoms with Crippen LogP contribution >= 0.6 is 38.2 Å². The highest BCUT2D eigenvalue weighted by atomic mass is 79.9. The van der Waals surface area contributed by atoms with Crippen LogP contribution in [0.3, 0.4) is 0 Å². The highest BCUT2D eigenvalue weighted by Gasteiger charge is 2.22.